The third-order valence-corrected chi connectivity index (χ3v) is 8.80. The lowest BCUT2D eigenvalue weighted by molar-refractivity contribution is -0.172. The number of hydrogen-bond donors (Lipinski definition) is 0. The number of esters is 4. The average molecular weight is 534 g/mol. The molecule has 3 fully saturated rings. The van der Waals surface area contributed by atoms with Crippen LogP contribution in [0.5, 0.6) is 0 Å². The van der Waals surface area contributed by atoms with Crippen LogP contribution in [0.4, 0.5) is 0 Å². The van der Waals surface area contributed by atoms with Gasteiger partial charge in [-0.3, -0.25) is 19.2 Å². The number of carbonyl (C=O) groups is 4. The molecule has 2 saturated carbocycles. The zero-order valence-corrected chi connectivity index (χ0v) is 23.7. The summed E-state index contributed by atoms with van der Waals surface area (Å²) in [5.41, 5.74) is -2.35. The molecule has 0 radical (unpaired) electrons. The van der Waals surface area contributed by atoms with Gasteiger partial charge in [0, 0.05) is 0 Å². The van der Waals surface area contributed by atoms with E-state index in [1.165, 1.54) is 28.4 Å². The van der Waals surface area contributed by atoms with E-state index in [1.54, 1.807) is 0 Å². The summed E-state index contributed by atoms with van der Waals surface area (Å²) in [6.07, 6.45) is 1.02. The summed E-state index contributed by atoms with van der Waals surface area (Å²) < 4.78 is 32.6. The minimum atomic E-state index is -1.60. The van der Waals surface area contributed by atoms with Crippen LogP contribution in [0, 0.1) is 16.7 Å². The van der Waals surface area contributed by atoms with Gasteiger partial charge in [0.15, 0.2) is 10.8 Å². The van der Waals surface area contributed by atoms with E-state index in [1.807, 2.05) is 27.7 Å². The van der Waals surface area contributed by atoms with Crippen molar-refractivity contribution in [2.75, 3.05) is 28.4 Å². The first kappa shape index (κ1) is 29.9. The first-order chi connectivity index (χ1) is 17.6. The molecule has 10 nitrogen and oxygen atoms in total. The topological polar surface area (TPSA) is 124 Å². The third-order valence-electron chi connectivity index (χ3n) is 8.80. The molecule has 2 aliphatic carbocycles. The van der Waals surface area contributed by atoms with Crippen molar-refractivity contribution in [3.8, 4) is 0 Å². The van der Waals surface area contributed by atoms with Crippen LogP contribution in [0.1, 0.15) is 59.8 Å². The van der Waals surface area contributed by atoms with Crippen LogP contribution in [0.3, 0.4) is 0 Å². The highest BCUT2D eigenvalue weighted by atomic mass is 16.7. The van der Waals surface area contributed by atoms with Crippen molar-refractivity contribution in [2.45, 2.75) is 77.3 Å². The molecule has 0 aromatic rings. The van der Waals surface area contributed by atoms with Gasteiger partial charge in [-0.05, 0) is 77.6 Å². The van der Waals surface area contributed by atoms with Gasteiger partial charge in [0.05, 0.1) is 39.6 Å². The number of ether oxygens (including phenoxy) is 4. The number of carbonyl (C=O) groups excluding carboxylic acids is 4. The van der Waals surface area contributed by atoms with Crippen LogP contribution in [-0.2, 0) is 47.4 Å². The Morgan fingerprint density at radius 2 is 1.24 bits per heavy atom. The number of rotatable bonds is 6. The van der Waals surface area contributed by atoms with Crippen molar-refractivity contribution >= 4 is 31.0 Å². The van der Waals surface area contributed by atoms with Gasteiger partial charge in [-0.15, -0.1) is 0 Å². The molecule has 1 saturated heterocycles. The van der Waals surface area contributed by atoms with Gasteiger partial charge >= 0.3 is 31.0 Å². The van der Waals surface area contributed by atoms with Gasteiger partial charge in [-0.2, -0.15) is 0 Å². The van der Waals surface area contributed by atoms with E-state index in [0.29, 0.717) is 23.9 Å². The number of hydrogen-bond acceptors (Lipinski definition) is 10. The van der Waals surface area contributed by atoms with Crippen molar-refractivity contribution in [1.29, 1.82) is 0 Å². The molecule has 11 heteroatoms. The molecule has 3 aliphatic rings. The first-order valence-corrected chi connectivity index (χ1v) is 12.7. The van der Waals surface area contributed by atoms with E-state index >= 15 is 0 Å². The lowest BCUT2D eigenvalue weighted by Crippen LogP contribution is -2.45. The molecule has 0 aromatic heterocycles. The SMILES string of the molecule is C=C1CC(C(=O)OC)(C(=O)OC)C/C1=C1\CC(C(=O)OC)(C(=O)OC)CCC1CB1OC(C)(C)C(C)(C)O1. The van der Waals surface area contributed by atoms with Crippen molar-refractivity contribution < 1.29 is 47.4 Å². The third kappa shape index (κ3) is 4.79. The van der Waals surface area contributed by atoms with Crippen molar-refractivity contribution in [3.05, 3.63) is 23.3 Å². The molecule has 0 bridgehead atoms. The fraction of sp³-hybridized carbons (Fsp3) is 0.704. The van der Waals surface area contributed by atoms with E-state index in [9.17, 15) is 19.2 Å². The summed E-state index contributed by atoms with van der Waals surface area (Å²) in [6, 6.07) is 0. The van der Waals surface area contributed by atoms with Gasteiger partial charge in [-0.1, -0.05) is 17.7 Å². The molecular formula is C27H39BO10. The molecule has 0 spiro atoms. The fourth-order valence-corrected chi connectivity index (χ4v) is 5.95. The Bertz CT molecular complexity index is 1010. The molecule has 3 rings (SSSR count). The summed E-state index contributed by atoms with van der Waals surface area (Å²) >= 11 is 0. The van der Waals surface area contributed by atoms with Crippen LogP contribution in [0.25, 0.3) is 0 Å². The predicted octanol–water partition coefficient (Wildman–Crippen LogP) is 3.19. The highest BCUT2D eigenvalue weighted by Crippen LogP contribution is 2.54. The maximum Gasteiger partial charge on any atom is 0.458 e. The summed E-state index contributed by atoms with van der Waals surface area (Å²) in [5, 5.41) is 0. The second-order valence-electron chi connectivity index (χ2n) is 11.4. The lowest BCUT2D eigenvalue weighted by Gasteiger charge is -2.39. The van der Waals surface area contributed by atoms with Gasteiger partial charge in [0.25, 0.3) is 0 Å². The number of methoxy groups -OCH3 is 4. The van der Waals surface area contributed by atoms with Crippen LogP contribution < -0.4 is 0 Å². The van der Waals surface area contributed by atoms with Gasteiger partial charge in [0.2, 0.25) is 0 Å². The standard InChI is InChI=1S/C27H39BO10/c1-16-12-27(22(31)35-8,23(32)36-9)13-18(16)19-14-26(20(29)33-6,21(30)34-7)11-10-17(19)15-28-37-24(2,3)25(4,5)38-28/h17H,1,10-15H2,2-9H3/b19-18-. The molecule has 0 N–H and O–H groups in total. The molecule has 0 amide bonds. The molecule has 1 aliphatic heterocycles. The highest BCUT2D eigenvalue weighted by Gasteiger charge is 2.58. The molecule has 0 aromatic carbocycles. The largest absolute Gasteiger partial charge is 0.468 e. The fourth-order valence-electron chi connectivity index (χ4n) is 5.95. The molecule has 1 heterocycles. The Labute approximate surface area is 224 Å². The van der Waals surface area contributed by atoms with Gasteiger partial charge in [0.1, 0.15) is 0 Å². The Balaban J connectivity index is 2.12. The monoisotopic (exact) mass is 534 g/mol. The van der Waals surface area contributed by atoms with Crippen molar-refractivity contribution in [2.24, 2.45) is 16.7 Å². The molecule has 38 heavy (non-hydrogen) atoms. The quantitative estimate of drug-likeness (QED) is 0.217. The number of allylic oxidation sites excluding steroid dienone is 3. The summed E-state index contributed by atoms with van der Waals surface area (Å²) in [7, 11) is 4.34. The Morgan fingerprint density at radius 1 is 0.789 bits per heavy atom. The molecule has 1 unspecified atom stereocenters. The van der Waals surface area contributed by atoms with E-state index in [0.717, 1.165) is 5.57 Å². The summed E-state index contributed by atoms with van der Waals surface area (Å²) in [6.45, 7) is 12.0. The van der Waals surface area contributed by atoms with Crippen LogP contribution in [-0.4, -0.2) is 70.6 Å². The van der Waals surface area contributed by atoms with E-state index in [4.69, 9.17) is 28.3 Å². The Kier molecular flexibility index (Phi) is 8.25. The second-order valence-corrected chi connectivity index (χ2v) is 11.4. The predicted molar refractivity (Wildman–Crippen MR) is 137 cm³/mol. The Hall–Kier alpha value is -2.66. The first-order valence-electron chi connectivity index (χ1n) is 12.7. The van der Waals surface area contributed by atoms with Crippen molar-refractivity contribution in [1.82, 2.24) is 0 Å². The van der Waals surface area contributed by atoms with Crippen LogP contribution in [0.2, 0.25) is 6.32 Å². The second kappa shape index (κ2) is 10.5. The molecule has 210 valence electrons. The zero-order valence-electron chi connectivity index (χ0n) is 23.7. The normalized spacial score (nSPS) is 27.0. The minimum Gasteiger partial charge on any atom is -0.468 e. The summed E-state index contributed by atoms with van der Waals surface area (Å²) in [4.78, 5) is 51.8. The van der Waals surface area contributed by atoms with Crippen LogP contribution in [0.15, 0.2) is 23.3 Å². The van der Waals surface area contributed by atoms with Crippen LogP contribution >= 0.6 is 0 Å². The Morgan fingerprint density at radius 3 is 1.68 bits per heavy atom. The maximum atomic E-state index is 13.0. The summed E-state index contributed by atoms with van der Waals surface area (Å²) in [5.74, 6) is -3.05. The maximum absolute atomic E-state index is 13.0. The smallest absolute Gasteiger partial charge is 0.458 e. The highest BCUT2D eigenvalue weighted by molar-refractivity contribution is 6.45. The average Bonchev–Trinajstić information content (AvgIpc) is 3.33. The van der Waals surface area contributed by atoms with E-state index in [2.05, 4.69) is 6.58 Å². The zero-order chi connectivity index (χ0) is 28.7. The van der Waals surface area contributed by atoms with E-state index < -0.39 is 53.0 Å². The van der Waals surface area contributed by atoms with E-state index in [-0.39, 0.29) is 31.6 Å². The molecular weight excluding hydrogens is 495 g/mol. The minimum absolute atomic E-state index is 0.00214. The van der Waals surface area contributed by atoms with Crippen molar-refractivity contribution in [3.63, 3.8) is 0 Å². The van der Waals surface area contributed by atoms with Gasteiger partial charge < -0.3 is 28.3 Å². The lowest BCUT2D eigenvalue weighted by atomic mass is 9.61. The van der Waals surface area contributed by atoms with Gasteiger partial charge in [-0.25, -0.2) is 0 Å². The molecule has 1 atom stereocenters.